The summed E-state index contributed by atoms with van der Waals surface area (Å²) in [5.74, 6) is -0.464. The summed E-state index contributed by atoms with van der Waals surface area (Å²) in [5.41, 5.74) is 8.65. The molecule has 0 atom stereocenters. The summed E-state index contributed by atoms with van der Waals surface area (Å²) in [6.07, 6.45) is 0.0550. The number of hydrogen-bond acceptors (Lipinski definition) is 3. The van der Waals surface area contributed by atoms with Crippen LogP contribution in [-0.4, -0.2) is 14.3 Å². The summed E-state index contributed by atoms with van der Waals surface area (Å²) < 4.78 is 29.0. The van der Waals surface area contributed by atoms with Crippen LogP contribution in [0, 0.1) is 6.92 Å². The molecule has 0 aromatic heterocycles. The Morgan fingerprint density at radius 3 is 2.41 bits per heavy atom. The predicted octanol–water partition coefficient (Wildman–Crippen LogP) is 4.91. The predicted molar refractivity (Wildman–Crippen MR) is 119 cm³/mol. The van der Waals surface area contributed by atoms with Gasteiger partial charge in [-0.1, -0.05) is 51.3 Å². The van der Waals surface area contributed by atoms with E-state index in [-0.39, 0.29) is 11.3 Å². The molecule has 3 N–H and O–H groups in total. The molecule has 3 aromatic carbocycles. The number of carbonyl (C=O) groups excluding carboxylic acids is 1. The third-order valence-corrected chi connectivity index (χ3v) is 6.67. The molecule has 5 nitrogen and oxygen atoms in total. The van der Waals surface area contributed by atoms with E-state index < -0.39 is 15.9 Å². The van der Waals surface area contributed by atoms with Gasteiger partial charge in [0.25, 0.3) is 10.0 Å². The normalized spacial score (nSPS) is 11.3. The molecular weight excluding hydrogens is 476 g/mol. The third-order valence-electron chi connectivity index (χ3n) is 4.28. The van der Waals surface area contributed by atoms with Gasteiger partial charge in [0.05, 0.1) is 17.0 Å². The van der Waals surface area contributed by atoms with E-state index in [2.05, 4.69) is 20.7 Å². The number of primary amides is 1. The largest absolute Gasteiger partial charge is 0.369 e. The minimum Gasteiger partial charge on any atom is -0.369 e. The molecule has 3 rings (SSSR count). The second-order valence-electron chi connectivity index (χ2n) is 6.56. The highest BCUT2D eigenvalue weighted by atomic mass is 79.9. The molecule has 0 radical (unpaired) electrons. The molecular formula is C21H18BrClN2O3S. The van der Waals surface area contributed by atoms with Gasteiger partial charge < -0.3 is 5.73 Å². The number of halogens is 2. The van der Waals surface area contributed by atoms with Crippen LogP contribution in [0.3, 0.4) is 0 Å². The number of hydrogen-bond donors (Lipinski definition) is 2. The van der Waals surface area contributed by atoms with Crippen LogP contribution >= 0.6 is 27.5 Å². The molecule has 0 spiro atoms. The second kappa shape index (κ2) is 8.57. The van der Waals surface area contributed by atoms with Crippen LogP contribution in [0.4, 0.5) is 5.69 Å². The van der Waals surface area contributed by atoms with Crippen LogP contribution in [0.2, 0.25) is 5.02 Å². The van der Waals surface area contributed by atoms with Gasteiger partial charge in [-0.05, 0) is 60.5 Å². The third kappa shape index (κ3) is 5.18. The molecule has 0 unspecified atom stereocenters. The molecule has 0 heterocycles. The fourth-order valence-electron chi connectivity index (χ4n) is 2.83. The molecule has 150 valence electrons. The average molecular weight is 494 g/mol. The van der Waals surface area contributed by atoms with E-state index in [0.29, 0.717) is 27.4 Å². The Labute approximate surface area is 183 Å². The van der Waals surface area contributed by atoms with Crippen LogP contribution in [0.25, 0.3) is 11.1 Å². The lowest BCUT2D eigenvalue weighted by atomic mass is 10.0. The Hall–Kier alpha value is -2.35. The van der Waals surface area contributed by atoms with Gasteiger partial charge >= 0.3 is 0 Å². The van der Waals surface area contributed by atoms with Gasteiger partial charge in [-0.15, -0.1) is 0 Å². The molecule has 0 aliphatic carbocycles. The highest BCUT2D eigenvalue weighted by Crippen LogP contribution is 2.34. The number of amides is 1. The van der Waals surface area contributed by atoms with Crippen LogP contribution in [0.15, 0.2) is 70.0 Å². The Balaban J connectivity index is 2.05. The minimum atomic E-state index is -3.79. The Morgan fingerprint density at radius 1 is 1.07 bits per heavy atom. The zero-order chi connectivity index (χ0) is 21.2. The van der Waals surface area contributed by atoms with Crippen molar-refractivity contribution in [1.29, 1.82) is 0 Å². The number of nitrogens with one attached hydrogen (secondary N) is 1. The topological polar surface area (TPSA) is 89.3 Å². The summed E-state index contributed by atoms with van der Waals surface area (Å²) in [6, 6.07) is 16.9. The number of sulfonamides is 1. The van der Waals surface area contributed by atoms with E-state index in [4.69, 9.17) is 17.3 Å². The molecule has 0 bridgehead atoms. The number of benzene rings is 3. The SMILES string of the molecule is Cc1ccc(S(=O)(=O)Nc2ccc(Cl)cc2-c2ccc(Br)c(CC(N)=O)c2)cc1. The second-order valence-corrected chi connectivity index (χ2v) is 9.53. The molecule has 3 aromatic rings. The lowest BCUT2D eigenvalue weighted by Gasteiger charge is -2.15. The van der Waals surface area contributed by atoms with Gasteiger partial charge in [0.1, 0.15) is 0 Å². The van der Waals surface area contributed by atoms with Crippen molar-refractivity contribution in [2.75, 3.05) is 4.72 Å². The standard InChI is InChI=1S/C21H18BrClN2O3S/c1-13-2-6-17(7-3-13)29(27,28)25-20-9-5-16(23)12-18(20)14-4-8-19(22)15(10-14)11-21(24)26/h2-10,12,25H,11H2,1H3,(H2,24,26). The van der Waals surface area contributed by atoms with Gasteiger partial charge in [0, 0.05) is 15.1 Å². The summed E-state index contributed by atoms with van der Waals surface area (Å²) in [4.78, 5) is 11.5. The maximum Gasteiger partial charge on any atom is 0.261 e. The van der Waals surface area contributed by atoms with Crippen LogP contribution in [0.1, 0.15) is 11.1 Å². The molecule has 0 fully saturated rings. The number of rotatable bonds is 6. The number of nitrogens with two attached hydrogens (primary N) is 1. The van der Waals surface area contributed by atoms with Gasteiger partial charge in [0.2, 0.25) is 5.91 Å². The first kappa shape index (κ1) is 21.4. The van der Waals surface area contributed by atoms with E-state index >= 15 is 0 Å². The monoisotopic (exact) mass is 492 g/mol. The molecule has 29 heavy (non-hydrogen) atoms. The van der Waals surface area contributed by atoms with E-state index in [1.807, 2.05) is 13.0 Å². The van der Waals surface area contributed by atoms with Crippen LogP contribution < -0.4 is 10.5 Å². The van der Waals surface area contributed by atoms with E-state index in [1.165, 1.54) is 0 Å². The first-order valence-electron chi connectivity index (χ1n) is 8.62. The van der Waals surface area contributed by atoms with Crippen molar-refractivity contribution >= 4 is 49.1 Å². The maximum absolute atomic E-state index is 12.8. The lowest BCUT2D eigenvalue weighted by molar-refractivity contribution is -0.117. The molecule has 0 aliphatic rings. The number of carbonyl (C=O) groups is 1. The quantitative estimate of drug-likeness (QED) is 0.511. The molecule has 1 amide bonds. The van der Waals surface area contributed by atoms with Crippen LogP contribution in [-0.2, 0) is 21.2 Å². The van der Waals surface area contributed by atoms with Gasteiger partial charge in [-0.2, -0.15) is 0 Å². The molecule has 0 saturated heterocycles. The Kier molecular flexibility index (Phi) is 6.31. The van der Waals surface area contributed by atoms with Crippen molar-refractivity contribution in [1.82, 2.24) is 0 Å². The first-order valence-corrected chi connectivity index (χ1v) is 11.3. The van der Waals surface area contributed by atoms with E-state index in [9.17, 15) is 13.2 Å². The van der Waals surface area contributed by atoms with Gasteiger partial charge in [-0.3, -0.25) is 9.52 Å². The van der Waals surface area contributed by atoms with E-state index in [1.54, 1.807) is 54.6 Å². The number of aryl methyl sites for hydroxylation is 1. The maximum atomic E-state index is 12.8. The summed E-state index contributed by atoms with van der Waals surface area (Å²) in [6.45, 7) is 1.89. The van der Waals surface area contributed by atoms with Crippen molar-refractivity contribution in [2.24, 2.45) is 5.73 Å². The Bertz CT molecular complexity index is 1180. The van der Waals surface area contributed by atoms with Crippen molar-refractivity contribution in [3.05, 3.63) is 81.3 Å². The van der Waals surface area contributed by atoms with Gasteiger partial charge in [-0.25, -0.2) is 8.42 Å². The summed E-state index contributed by atoms with van der Waals surface area (Å²) >= 11 is 9.57. The average Bonchev–Trinajstić information content (AvgIpc) is 2.65. The number of anilines is 1. The van der Waals surface area contributed by atoms with Crippen molar-refractivity contribution in [2.45, 2.75) is 18.2 Å². The fourth-order valence-corrected chi connectivity index (χ4v) is 4.47. The zero-order valence-electron chi connectivity index (χ0n) is 15.4. The highest BCUT2D eigenvalue weighted by Gasteiger charge is 2.17. The lowest BCUT2D eigenvalue weighted by Crippen LogP contribution is -2.14. The summed E-state index contributed by atoms with van der Waals surface area (Å²) in [7, 11) is -3.79. The molecule has 0 saturated carbocycles. The molecule has 0 aliphatic heterocycles. The zero-order valence-corrected chi connectivity index (χ0v) is 18.6. The smallest absolute Gasteiger partial charge is 0.261 e. The van der Waals surface area contributed by atoms with E-state index in [0.717, 1.165) is 10.0 Å². The van der Waals surface area contributed by atoms with Gasteiger partial charge in [0.15, 0.2) is 0 Å². The fraction of sp³-hybridized carbons (Fsp3) is 0.0952. The van der Waals surface area contributed by atoms with Crippen molar-refractivity contribution in [3.63, 3.8) is 0 Å². The first-order chi connectivity index (χ1) is 13.7. The van der Waals surface area contributed by atoms with Crippen molar-refractivity contribution in [3.8, 4) is 11.1 Å². The Morgan fingerprint density at radius 2 is 1.76 bits per heavy atom. The highest BCUT2D eigenvalue weighted by molar-refractivity contribution is 9.10. The minimum absolute atomic E-state index is 0.0550. The van der Waals surface area contributed by atoms with Crippen molar-refractivity contribution < 1.29 is 13.2 Å². The molecule has 8 heteroatoms. The summed E-state index contributed by atoms with van der Waals surface area (Å²) in [5, 5.41) is 0.456. The van der Waals surface area contributed by atoms with Crippen LogP contribution in [0.5, 0.6) is 0 Å².